The zero-order valence-corrected chi connectivity index (χ0v) is 7.40. The van der Waals surface area contributed by atoms with E-state index in [1.54, 1.807) is 0 Å². The van der Waals surface area contributed by atoms with Crippen LogP contribution >= 0.6 is 0 Å². The fourth-order valence-electron chi connectivity index (χ4n) is 1.47. The van der Waals surface area contributed by atoms with Crippen LogP contribution in [0.4, 0.5) is 0 Å². The van der Waals surface area contributed by atoms with Gasteiger partial charge in [-0.1, -0.05) is 23.4 Å². The van der Waals surface area contributed by atoms with Gasteiger partial charge in [-0.2, -0.15) is 0 Å². The molecule has 0 aliphatic heterocycles. The van der Waals surface area contributed by atoms with Crippen LogP contribution in [0.15, 0.2) is 29.0 Å². The molecule has 1 aliphatic carbocycles. The van der Waals surface area contributed by atoms with Gasteiger partial charge in [-0.05, 0) is 37.7 Å². The predicted octanol–water partition coefficient (Wildman–Crippen LogP) is 2.75. The van der Waals surface area contributed by atoms with Crippen molar-refractivity contribution in [2.24, 2.45) is 11.1 Å². The van der Waals surface area contributed by atoms with E-state index < -0.39 is 0 Å². The van der Waals surface area contributed by atoms with E-state index in [9.17, 15) is 0 Å². The van der Waals surface area contributed by atoms with Crippen molar-refractivity contribution >= 4 is 6.21 Å². The Labute approximate surface area is 73.3 Å². The van der Waals surface area contributed by atoms with Crippen molar-refractivity contribution in [1.29, 1.82) is 0 Å². The van der Waals surface area contributed by atoms with Crippen LogP contribution in [0.3, 0.4) is 0 Å². The second kappa shape index (κ2) is 4.75. The van der Waals surface area contributed by atoms with Crippen molar-refractivity contribution in [1.82, 2.24) is 0 Å². The van der Waals surface area contributed by atoms with Crippen LogP contribution in [0, 0.1) is 5.92 Å². The lowest BCUT2D eigenvalue weighted by molar-refractivity contribution is 0.321. The third-order valence-corrected chi connectivity index (χ3v) is 2.07. The summed E-state index contributed by atoms with van der Waals surface area (Å²) in [6, 6.07) is 0. The Kier molecular flexibility index (Phi) is 3.58. The molecule has 0 saturated heterocycles. The van der Waals surface area contributed by atoms with Gasteiger partial charge >= 0.3 is 0 Å². The highest BCUT2D eigenvalue weighted by Crippen LogP contribution is 2.20. The van der Waals surface area contributed by atoms with E-state index in [-0.39, 0.29) is 0 Å². The summed E-state index contributed by atoms with van der Waals surface area (Å²) in [6.07, 6.45) is 11.6. The molecule has 1 unspecified atom stereocenters. The predicted molar refractivity (Wildman–Crippen MR) is 50.5 cm³/mol. The number of allylic oxidation sites excluding steroid dienone is 4. The minimum Gasteiger partial charge on any atom is -0.411 e. The zero-order chi connectivity index (χ0) is 8.81. The summed E-state index contributed by atoms with van der Waals surface area (Å²) in [7, 11) is 0. The molecule has 2 heteroatoms. The van der Waals surface area contributed by atoms with Gasteiger partial charge < -0.3 is 5.21 Å². The monoisotopic (exact) mass is 165 g/mol. The number of hydrogen-bond donors (Lipinski definition) is 1. The average Bonchev–Trinajstić information content (AvgIpc) is 2.06. The van der Waals surface area contributed by atoms with Gasteiger partial charge in [-0.3, -0.25) is 0 Å². The molecule has 0 amide bonds. The Bertz CT molecular complexity index is 216. The minimum atomic E-state index is 0.632. The summed E-state index contributed by atoms with van der Waals surface area (Å²) in [4.78, 5) is 0. The van der Waals surface area contributed by atoms with E-state index in [0.717, 1.165) is 12.0 Å². The zero-order valence-electron chi connectivity index (χ0n) is 7.40. The largest absolute Gasteiger partial charge is 0.411 e. The summed E-state index contributed by atoms with van der Waals surface area (Å²) < 4.78 is 0. The quantitative estimate of drug-likeness (QED) is 0.290. The van der Waals surface area contributed by atoms with Crippen LogP contribution in [0.25, 0.3) is 0 Å². The number of rotatable bonds is 2. The maximum absolute atomic E-state index is 8.28. The Morgan fingerprint density at radius 2 is 2.42 bits per heavy atom. The number of oxime groups is 1. The van der Waals surface area contributed by atoms with Gasteiger partial charge in [0.15, 0.2) is 0 Å². The summed E-state index contributed by atoms with van der Waals surface area (Å²) in [6.45, 7) is 1.96. The second-order valence-electron chi connectivity index (χ2n) is 3.20. The van der Waals surface area contributed by atoms with E-state index in [1.807, 2.05) is 6.92 Å². The molecule has 1 N–H and O–H groups in total. The van der Waals surface area contributed by atoms with E-state index in [2.05, 4.69) is 23.4 Å². The van der Waals surface area contributed by atoms with Crippen molar-refractivity contribution in [2.45, 2.75) is 26.2 Å². The van der Waals surface area contributed by atoms with Gasteiger partial charge in [0.05, 0.1) is 6.21 Å². The van der Waals surface area contributed by atoms with Gasteiger partial charge in [0.2, 0.25) is 0 Å². The summed E-state index contributed by atoms with van der Waals surface area (Å²) >= 11 is 0. The number of nitrogens with zero attached hydrogens (tertiary/aromatic N) is 1. The maximum Gasteiger partial charge on any atom is 0.0687 e. The molecule has 0 aromatic carbocycles. The first kappa shape index (κ1) is 9.04. The normalized spacial score (nSPS) is 25.1. The Morgan fingerprint density at radius 3 is 3.00 bits per heavy atom. The molecular weight excluding hydrogens is 150 g/mol. The molecule has 12 heavy (non-hydrogen) atoms. The lowest BCUT2D eigenvalue weighted by Gasteiger charge is -2.13. The fourth-order valence-corrected chi connectivity index (χ4v) is 1.47. The molecular formula is C10H15NO. The minimum absolute atomic E-state index is 0.632. The van der Waals surface area contributed by atoms with Crippen molar-refractivity contribution in [2.75, 3.05) is 0 Å². The summed E-state index contributed by atoms with van der Waals surface area (Å²) in [5.41, 5.74) is 1.04. The van der Waals surface area contributed by atoms with Gasteiger partial charge in [0.1, 0.15) is 0 Å². The van der Waals surface area contributed by atoms with Gasteiger partial charge in [-0.15, -0.1) is 0 Å². The van der Waals surface area contributed by atoms with Crippen molar-refractivity contribution < 1.29 is 5.21 Å². The first-order valence-electron chi connectivity index (χ1n) is 4.34. The van der Waals surface area contributed by atoms with Crippen LogP contribution in [0.1, 0.15) is 26.2 Å². The van der Waals surface area contributed by atoms with Crippen molar-refractivity contribution in [3.8, 4) is 0 Å². The molecule has 0 saturated carbocycles. The van der Waals surface area contributed by atoms with Gasteiger partial charge in [0.25, 0.3) is 0 Å². The van der Waals surface area contributed by atoms with Crippen molar-refractivity contribution in [3.63, 3.8) is 0 Å². The van der Waals surface area contributed by atoms with Crippen molar-refractivity contribution in [3.05, 3.63) is 23.8 Å². The molecule has 0 fully saturated rings. The molecule has 2 nitrogen and oxygen atoms in total. The third-order valence-electron chi connectivity index (χ3n) is 2.07. The maximum atomic E-state index is 8.28. The first-order valence-corrected chi connectivity index (χ1v) is 4.34. The van der Waals surface area contributed by atoms with Crippen LogP contribution in [0.5, 0.6) is 0 Å². The smallest absolute Gasteiger partial charge is 0.0687 e. The van der Waals surface area contributed by atoms with E-state index in [1.165, 1.54) is 19.1 Å². The highest BCUT2D eigenvalue weighted by molar-refractivity contribution is 5.76. The topological polar surface area (TPSA) is 32.6 Å². The SMILES string of the molecule is CC(C=NO)=CC1CC=CCC1. The fraction of sp³-hybridized carbons (Fsp3) is 0.500. The van der Waals surface area contributed by atoms with Gasteiger partial charge in [0, 0.05) is 0 Å². The van der Waals surface area contributed by atoms with E-state index in [0.29, 0.717) is 5.92 Å². The van der Waals surface area contributed by atoms with Crippen LogP contribution in [-0.4, -0.2) is 11.4 Å². The third kappa shape index (κ3) is 2.91. The Balaban J connectivity index is 2.48. The highest BCUT2D eigenvalue weighted by atomic mass is 16.4. The summed E-state index contributed by atoms with van der Waals surface area (Å²) in [5, 5.41) is 11.3. The molecule has 0 bridgehead atoms. The molecule has 1 atom stereocenters. The highest BCUT2D eigenvalue weighted by Gasteiger charge is 2.05. The second-order valence-corrected chi connectivity index (χ2v) is 3.20. The molecule has 0 aromatic heterocycles. The molecule has 66 valence electrons. The summed E-state index contributed by atoms with van der Waals surface area (Å²) in [5.74, 6) is 0.632. The first-order chi connectivity index (χ1) is 5.83. The molecule has 0 spiro atoms. The van der Waals surface area contributed by atoms with E-state index >= 15 is 0 Å². The number of hydrogen-bond acceptors (Lipinski definition) is 2. The van der Waals surface area contributed by atoms with E-state index in [4.69, 9.17) is 5.21 Å². The molecule has 0 radical (unpaired) electrons. The molecule has 1 rings (SSSR count). The lowest BCUT2D eigenvalue weighted by Crippen LogP contribution is -1.99. The van der Waals surface area contributed by atoms with Crippen LogP contribution < -0.4 is 0 Å². The van der Waals surface area contributed by atoms with Crippen LogP contribution in [0.2, 0.25) is 0 Å². The average molecular weight is 165 g/mol. The Morgan fingerprint density at radius 1 is 1.58 bits per heavy atom. The Hall–Kier alpha value is -1.05. The standard InChI is InChI=1S/C10H15NO/c1-9(8-11-12)7-10-5-3-2-4-6-10/h2-3,7-8,10,12H,4-6H2,1H3. The van der Waals surface area contributed by atoms with Gasteiger partial charge in [-0.25, -0.2) is 0 Å². The molecule has 0 aromatic rings. The molecule has 0 heterocycles. The van der Waals surface area contributed by atoms with Crippen LogP contribution in [-0.2, 0) is 0 Å². The lowest BCUT2D eigenvalue weighted by atomic mass is 9.93. The molecule has 1 aliphatic rings.